The van der Waals surface area contributed by atoms with E-state index in [1.165, 1.54) is 0 Å². The molecule has 1 aromatic rings. The first-order chi connectivity index (χ1) is 8.75. The van der Waals surface area contributed by atoms with Gasteiger partial charge in [-0.05, 0) is 18.8 Å². The number of amides is 1. The van der Waals surface area contributed by atoms with Crippen molar-refractivity contribution in [2.24, 2.45) is 5.41 Å². The Labute approximate surface area is 118 Å². The van der Waals surface area contributed by atoms with Crippen molar-refractivity contribution in [3.8, 4) is 0 Å². The van der Waals surface area contributed by atoms with Crippen LogP contribution in [0.15, 0.2) is 6.20 Å². The zero-order chi connectivity index (χ0) is 14.6. The molecule has 0 unspecified atom stereocenters. The van der Waals surface area contributed by atoms with Crippen LogP contribution in [0.3, 0.4) is 0 Å². The highest BCUT2D eigenvalue weighted by atomic mass is 35.5. The molecule has 1 aromatic heterocycles. The number of hydrogen-bond acceptors (Lipinski definition) is 3. The van der Waals surface area contributed by atoms with E-state index in [1.807, 2.05) is 27.7 Å². The number of aryl methyl sites for hydroxylation is 1. The second kappa shape index (κ2) is 6.39. The van der Waals surface area contributed by atoms with Crippen LogP contribution in [0, 0.1) is 5.41 Å². The SMILES string of the molecule is CCn1cc(Cl)c(C(=O)NCC[C@H](O)C(C)(C)C)n1. The first-order valence-corrected chi connectivity index (χ1v) is 6.82. The highest BCUT2D eigenvalue weighted by Gasteiger charge is 2.22. The van der Waals surface area contributed by atoms with Crippen LogP contribution in [0.25, 0.3) is 0 Å². The van der Waals surface area contributed by atoms with Gasteiger partial charge in [-0.1, -0.05) is 32.4 Å². The number of carbonyl (C=O) groups excluding carboxylic acids is 1. The monoisotopic (exact) mass is 287 g/mol. The molecular weight excluding hydrogens is 266 g/mol. The molecule has 0 bridgehead atoms. The molecule has 19 heavy (non-hydrogen) atoms. The molecule has 0 aliphatic rings. The molecule has 1 atom stereocenters. The first-order valence-electron chi connectivity index (χ1n) is 6.45. The van der Waals surface area contributed by atoms with Crippen LogP contribution < -0.4 is 5.32 Å². The van der Waals surface area contributed by atoms with Gasteiger partial charge in [-0.3, -0.25) is 9.48 Å². The summed E-state index contributed by atoms with van der Waals surface area (Å²) in [5.74, 6) is -0.307. The molecule has 0 spiro atoms. The fraction of sp³-hybridized carbons (Fsp3) is 0.692. The molecule has 0 aliphatic heterocycles. The Balaban J connectivity index is 2.50. The van der Waals surface area contributed by atoms with Crippen LogP contribution in [-0.4, -0.2) is 33.4 Å². The van der Waals surface area contributed by atoms with Crippen molar-refractivity contribution >= 4 is 17.5 Å². The number of aliphatic hydroxyl groups is 1. The van der Waals surface area contributed by atoms with E-state index in [9.17, 15) is 9.90 Å². The predicted octanol–water partition coefficient (Wildman–Crippen LogP) is 2.08. The van der Waals surface area contributed by atoms with Crippen LogP contribution in [0.4, 0.5) is 0 Å². The molecule has 6 heteroatoms. The van der Waals surface area contributed by atoms with Gasteiger partial charge >= 0.3 is 0 Å². The lowest BCUT2D eigenvalue weighted by molar-refractivity contribution is 0.0550. The summed E-state index contributed by atoms with van der Waals surface area (Å²) in [6.07, 6.45) is 1.67. The summed E-state index contributed by atoms with van der Waals surface area (Å²) in [5.41, 5.74) is 0.0420. The molecule has 1 rings (SSSR count). The molecule has 0 fully saturated rings. The van der Waals surface area contributed by atoms with Gasteiger partial charge in [-0.2, -0.15) is 5.10 Å². The number of rotatable bonds is 5. The molecule has 1 amide bonds. The molecule has 108 valence electrons. The van der Waals surface area contributed by atoms with Crippen LogP contribution in [0.1, 0.15) is 44.6 Å². The zero-order valence-corrected chi connectivity index (χ0v) is 12.7. The van der Waals surface area contributed by atoms with Gasteiger partial charge in [-0.25, -0.2) is 0 Å². The normalized spacial score (nSPS) is 13.4. The molecule has 0 saturated heterocycles. The molecule has 0 saturated carbocycles. The van der Waals surface area contributed by atoms with Gasteiger partial charge in [-0.15, -0.1) is 0 Å². The molecule has 0 aliphatic carbocycles. The van der Waals surface area contributed by atoms with Crippen molar-refractivity contribution in [1.82, 2.24) is 15.1 Å². The maximum atomic E-state index is 11.9. The zero-order valence-electron chi connectivity index (χ0n) is 11.9. The lowest BCUT2D eigenvalue weighted by Crippen LogP contribution is -2.32. The van der Waals surface area contributed by atoms with E-state index in [1.54, 1.807) is 10.9 Å². The molecular formula is C13H22ClN3O2. The standard InChI is InChI=1S/C13H22ClN3O2/c1-5-17-8-9(14)11(16-17)12(19)15-7-6-10(18)13(2,3)4/h8,10,18H,5-7H2,1-4H3,(H,15,19)/t10-/m0/s1. The second-order valence-electron chi connectivity index (χ2n) is 5.61. The smallest absolute Gasteiger partial charge is 0.273 e. The van der Waals surface area contributed by atoms with Crippen LogP contribution in [0.5, 0.6) is 0 Å². The Morgan fingerprint density at radius 1 is 1.58 bits per heavy atom. The van der Waals surface area contributed by atoms with Gasteiger partial charge in [0.2, 0.25) is 0 Å². The Hall–Kier alpha value is -1.07. The second-order valence-corrected chi connectivity index (χ2v) is 6.01. The summed E-state index contributed by atoms with van der Waals surface area (Å²) in [6, 6.07) is 0. The number of hydrogen-bond donors (Lipinski definition) is 2. The lowest BCUT2D eigenvalue weighted by Gasteiger charge is -2.25. The predicted molar refractivity (Wildman–Crippen MR) is 75.3 cm³/mol. The van der Waals surface area contributed by atoms with E-state index in [-0.39, 0.29) is 17.0 Å². The average Bonchev–Trinajstić information content (AvgIpc) is 2.69. The minimum absolute atomic E-state index is 0.188. The molecule has 1 heterocycles. The van der Waals surface area contributed by atoms with Gasteiger partial charge in [0.1, 0.15) is 0 Å². The van der Waals surface area contributed by atoms with E-state index in [2.05, 4.69) is 10.4 Å². The summed E-state index contributed by atoms with van der Waals surface area (Å²) in [6.45, 7) is 8.85. The summed E-state index contributed by atoms with van der Waals surface area (Å²) in [4.78, 5) is 11.9. The van der Waals surface area contributed by atoms with Gasteiger partial charge in [0.05, 0.1) is 11.1 Å². The number of aromatic nitrogens is 2. The number of aliphatic hydroxyl groups excluding tert-OH is 1. The van der Waals surface area contributed by atoms with Crippen molar-refractivity contribution in [3.63, 3.8) is 0 Å². The van der Waals surface area contributed by atoms with Crippen LogP contribution >= 0.6 is 11.6 Å². The Kier molecular flexibility index (Phi) is 5.38. The topological polar surface area (TPSA) is 67.2 Å². The van der Waals surface area contributed by atoms with E-state index in [0.29, 0.717) is 24.5 Å². The molecule has 2 N–H and O–H groups in total. The largest absolute Gasteiger partial charge is 0.393 e. The fourth-order valence-electron chi connectivity index (χ4n) is 1.55. The van der Waals surface area contributed by atoms with Crippen molar-refractivity contribution in [1.29, 1.82) is 0 Å². The van der Waals surface area contributed by atoms with Crippen LogP contribution in [0.2, 0.25) is 5.02 Å². The van der Waals surface area contributed by atoms with E-state index in [0.717, 1.165) is 0 Å². The van der Waals surface area contributed by atoms with Crippen molar-refractivity contribution in [2.45, 2.75) is 46.8 Å². The van der Waals surface area contributed by atoms with E-state index >= 15 is 0 Å². The molecule has 5 nitrogen and oxygen atoms in total. The molecule has 0 aromatic carbocycles. The summed E-state index contributed by atoms with van der Waals surface area (Å²) in [7, 11) is 0. The van der Waals surface area contributed by atoms with Crippen molar-refractivity contribution in [2.75, 3.05) is 6.54 Å². The third-order valence-corrected chi connectivity index (χ3v) is 3.24. The number of carbonyl (C=O) groups is 1. The van der Waals surface area contributed by atoms with Crippen molar-refractivity contribution < 1.29 is 9.90 Å². The Bertz CT molecular complexity index is 438. The maximum absolute atomic E-state index is 11.9. The van der Waals surface area contributed by atoms with Gasteiger partial charge < -0.3 is 10.4 Å². The number of nitrogens with zero attached hydrogens (tertiary/aromatic N) is 2. The summed E-state index contributed by atoms with van der Waals surface area (Å²) in [5, 5.41) is 17.0. The minimum atomic E-state index is -0.462. The van der Waals surface area contributed by atoms with Gasteiger partial charge in [0.25, 0.3) is 5.91 Å². The third kappa shape index (κ3) is 4.51. The maximum Gasteiger partial charge on any atom is 0.273 e. The quantitative estimate of drug-likeness (QED) is 0.871. The summed E-state index contributed by atoms with van der Waals surface area (Å²) < 4.78 is 1.61. The fourth-order valence-corrected chi connectivity index (χ4v) is 1.79. The van der Waals surface area contributed by atoms with Gasteiger partial charge in [0, 0.05) is 19.3 Å². The van der Waals surface area contributed by atoms with Gasteiger partial charge in [0.15, 0.2) is 5.69 Å². The minimum Gasteiger partial charge on any atom is -0.393 e. The highest BCUT2D eigenvalue weighted by molar-refractivity contribution is 6.33. The van der Waals surface area contributed by atoms with E-state index < -0.39 is 6.10 Å². The van der Waals surface area contributed by atoms with E-state index in [4.69, 9.17) is 11.6 Å². The summed E-state index contributed by atoms with van der Waals surface area (Å²) >= 11 is 5.94. The number of nitrogens with one attached hydrogen (secondary N) is 1. The molecule has 0 radical (unpaired) electrons. The Morgan fingerprint density at radius 2 is 2.21 bits per heavy atom. The highest BCUT2D eigenvalue weighted by Crippen LogP contribution is 2.21. The Morgan fingerprint density at radius 3 is 2.68 bits per heavy atom. The number of halogens is 1. The third-order valence-electron chi connectivity index (χ3n) is 2.96. The van der Waals surface area contributed by atoms with Crippen molar-refractivity contribution in [3.05, 3.63) is 16.9 Å². The average molecular weight is 288 g/mol. The lowest BCUT2D eigenvalue weighted by atomic mass is 9.87. The first kappa shape index (κ1) is 16.0. The van der Waals surface area contributed by atoms with Crippen LogP contribution in [-0.2, 0) is 6.54 Å².